The number of thioether (sulfide) groups is 1. The maximum Gasteiger partial charge on any atom is 0.416 e. The van der Waals surface area contributed by atoms with Gasteiger partial charge in [-0.2, -0.15) is 22.5 Å². The van der Waals surface area contributed by atoms with Gasteiger partial charge in [-0.05, 0) is 31.2 Å². The van der Waals surface area contributed by atoms with Crippen LogP contribution in [0.5, 0.6) is 0 Å². The van der Waals surface area contributed by atoms with Gasteiger partial charge in [0.25, 0.3) is 0 Å². The fourth-order valence-corrected chi connectivity index (χ4v) is 5.11. The summed E-state index contributed by atoms with van der Waals surface area (Å²) < 4.78 is 70.5. The van der Waals surface area contributed by atoms with Crippen LogP contribution < -0.4 is 0 Å². The Morgan fingerprint density at radius 2 is 1.88 bits per heavy atom. The Bertz CT molecular complexity index is 1160. The van der Waals surface area contributed by atoms with E-state index in [0.717, 1.165) is 12.1 Å². The third-order valence-corrected chi connectivity index (χ3v) is 7.66. The molecule has 12 heteroatoms. The van der Waals surface area contributed by atoms with E-state index in [1.807, 2.05) is 0 Å². The van der Waals surface area contributed by atoms with Crippen LogP contribution in [-0.2, 0) is 16.2 Å². The molecule has 0 radical (unpaired) electrons. The lowest BCUT2D eigenvalue weighted by Gasteiger charge is -2.18. The zero-order chi connectivity index (χ0) is 23.5. The van der Waals surface area contributed by atoms with Gasteiger partial charge < -0.3 is 4.52 Å². The monoisotopic (exact) mass is 486 g/mol. The Morgan fingerprint density at radius 3 is 2.47 bits per heavy atom. The number of sulfonamides is 1. The van der Waals surface area contributed by atoms with Crippen molar-refractivity contribution in [3.8, 4) is 11.4 Å². The number of pyridine rings is 1. The molecule has 0 spiro atoms. The number of hydrogen-bond acceptors (Lipinski definition) is 7. The van der Waals surface area contributed by atoms with Crippen LogP contribution >= 0.6 is 11.8 Å². The maximum absolute atomic E-state index is 12.9. The first kappa shape index (κ1) is 24.2. The highest BCUT2D eigenvalue weighted by molar-refractivity contribution is 7.99. The van der Waals surface area contributed by atoms with E-state index in [-0.39, 0.29) is 27.4 Å². The van der Waals surface area contributed by atoms with Gasteiger partial charge in [-0.3, -0.25) is 0 Å². The number of benzene rings is 1. The molecule has 2 heterocycles. The molecule has 0 N–H and O–H groups in total. The van der Waals surface area contributed by atoms with E-state index < -0.39 is 21.8 Å². The molecule has 1 aromatic carbocycles. The van der Waals surface area contributed by atoms with Gasteiger partial charge in [0.05, 0.1) is 15.8 Å². The number of halogens is 3. The molecule has 0 bridgehead atoms. The highest BCUT2D eigenvalue weighted by Gasteiger charge is 2.31. The van der Waals surface area contributed by atoms with Gasteiger partial charge in [0.1, 0.15) is 4.90 Å². The minimum Gasteiger partial charge on any atom is -0.338 e. The molecule has 2 aromatic heterocycles. The minimum absolute atomic E-state index is 0.0483. The predicted octanol–water partition coefficient (Wildman–Crippen LogP) is 5.03. The minimum atomic E-state index is -4.47. The summed E-state index contributed by atoms with van der Waals surface area (Å²) in [5, 5.41) is 3.96. The van der Waals surface area contributed by atoms with E-state index in [4.69, 9.17) is 4.52 Å². The summed E-state index contributed by atoms with van der Waals surface area (Å²) in [6.07, 6.45) is -3.17. The molecule has 7 nitrogen and oxygen atoms in total. The molecule has 0 unspecified atom stereocenters. The summed E-state index contributed by atoms with van der Waals surface area (Å²) in [6.45, 7) is 6.02. The first-order valence-corrected chi connectivity index (χ1v) is 12.0. The van der Waals surface area contributed by atoms with Crippen LogP contribution in [0, 0.1) is 0 Å². The summed E-state index contributed by atoms with van der Waals surface area (Å²) in [7, 11) is -3.60. The van der Waals surface area contributed by atoms with E-state index in [2.05, 4.69) is 15.1 Å². The number of hydrogen-bond donors (Lipinski definition) is 0. The van der Waals surface area contributed by atoms with E-state index in [1.165, 1.54) is 40.5 Å². The van der Waals surface area contributed by atoms with Crippen LogP contribution in [0.15, 0.2) is 57.0 Å². The number of aromatic nitrogens is 3. The summed E-state index contributed by atoms with van der Waals surface area (Å²) in [5.41, 5.74) is -0.608. The number of alkyl halides is 3. The van der Waals surface area contributed by atoms with E-state index in [1.54, 1.807) is 26.8 Å². The van der Waals surface area contributed by atoms with Gasteiger partial charge in [-0.25, -0.2) is 13.4 Å². The molecule has 0 amide bonds. The quantitative estimate of drug-likeness (QED) is 0.412. The average Bonchev–Trinajstić information content (AvgIpc) is 3.25. The molecule has 0 aliphatic heterocycles. The molecule has 3 rings (SSSR count). The normalized spacial score (nSPS) is 13.5. The summed E-state index contributed by atoms with van der Waals surface area (Å²) >= 11 is 1.26. The first-order chi connectivity index (χ1) is 15.1. The molecule has 0 saturated heterocycles. The second-order valence-corrected chi connectivity index (χ2v) is 10.0. The largest absolute Gasteiger partial charge is 0.416 e. The van der Waals surface area contributed by atoms with Crippen LogP contribution in [0.4, 0.5) is 13.2 Å². The Morgan fingerprint density at radius 1 is 1.16 bits per heavy atom. The molecule has 32 heavy (non-hydrogen) atoms. The third kappa shape index (κ3) is 5.30. The summed E-state index contributed by atoms with van der Waals surface area (Å²) in [6, 6.07) is 7.75. The van der Waals surface area contributed by atoms with E-state index in [9.17, 15) is 21.6 Å². The number of nitrogens with zero attached hydrogens (tertiary/aromatic N) is 4. The second kappa shape index (κ2) is 9.59. The molecule has 172 valence electrons. The second-order valence-electron chi connectivity index (χ2n) is 6.72. The van der Waals surface area contributed by atoms with Crippen LogP contribution in [0.1, 0.15) is 37.5 Å². The lowest BCUT2D eigenvalue weighted by atomic mass is 10.1. The first-order valence-electron chi connectivity index (χ1n) is 9.70. The Kier molecular flexibility index (Phi) is 7.25. The molecular weight excluding hydrogens is 465 g/mol. The van der Waals surface area contributed by atoms with E-state index in [0.29, 0.717) is 18.1 Å². The van der Waals surface area contributed by atoms with Crippen molar-refractivity contribution in [3.05, 3.63) is 54.0 Å². The average molecular weight is 487 g/mol. The highest BCUT2D eigenvalue weighted by Crippen LogP contribution is 2.35. The van der Waals surface area contributed by atoms with Crippen LogP contribution in [0.2, 0.25) is 0 Å². The molecule has 0 fully saturated rings. The molecule has 3 aromatic rings. The number of rotatable bonds is 8. The zero-order valence-corrected chi connectivity index (χ0v) is 19.1. The van der Waals surface area contributed by atoms with Crippen molar-refractivity contribution >= 4 is 21.8 Å². The predicted molar refractivity (Wildman–Crippen MR) is 113 cm³/mol. The Labute approximate surface area is 188 Å². The van der Waals surface area contributed by atoms with Gasteiger partial charge >= 0.3 is 6.18 Å². The smallest absolute Gasteiger partial charge is 0.338 e. The van der Waals surface area contributed by atoms with Crippen molar-refractivity contribution in [2.45, 2.75) is 42.1 Å². The molecule has 1 atom stereocenters. The Hall–Kier alpha value is -2.44. The van der Waals surface area contributed by atoms with Gasteiger partial charge in [0.15, 0.2) is 0 Å². The molecule has 0 aliphatic carbocycles. The molecular formula is C20H21F3N4O3S2. The van der Waals surface area contributed by atoms with Crippen LogP contribution in [0.25, 0.3) is 11.4 Å². The van der Waals surface area contributed by atoms with Crippen molar-refractivity contribution < 1.29 is 26.1 Å². The highest BCUT2D eigenvalue weighted by atomic mass is 32.2. The van der Waals surface area contributed by atoms with Crippen molar-refractivity contribution in [2.24, 2.45) is 0 Å². The van der Waals surface area contributed by atoms with Crippen molar-refractivity contribution in [1.82, 2.24) is 19.4 Å². The van der Waals surface area contributed by atoms with E-state index >= 15 is 0 Å². The van der Waals surface area contributed by atoms with Crippen LogP contribution in [-0.4, -0.2) is 40.9 Å². The topological polar surface area (TPSA) is 89.2 Å². The van der Waals surface area contributed by atoms with Crippen molar-refractivity contribution in [3.63, 3.8) is 0 Å². The fraction of sp³-hybridized carbons (Fsp3) is 0.350. The van der Waals surface area contributed by atoms with Crippen LogP contribution in [0.3, 0.4) is 0 Å². The molecule has 0 aliphatic rings. The standard InChI is InChI=1S/C20H21F3N4O3S2/c1-4-27(5-2)32(28,29)16-9-10-17(24-12-16)31-13(3)19-25-18(26-30-19)14-7-6-8-15(11-14)20(21,22)23/h6-13H,4-5H2,1-3H3/t13-/m1/s1. The zero-order valence-electron chi connectivity index (χ0n) is 17.5. The lowest BCUT2D eigenvalue weighted by molar-refractivity contribution is -0.137. The molecule has 0 saturated carbocycles. The third-order valence-electron chi connectivity index (χ3n) is 4.59. The lowest BCUT2D eigenvalue weighted by Crippen LogP contribution is -2.30. The van der Waals surface area contributed by atoms with Gasteiger partial charge in [0, 0.05) is 24.8 Å². The summed E-state index contributed by atoms with van der Waals surface area (Å²) in [4.78, 5) is 8.51. The maximum atomic E-state index is 12.9. The van der Waals surface area contributed by atoms with Crippen molar-refractivity contribution in [2.75, 3.05) is 13.1 Å². The Balaban J connectivity index is 1.74. The van der Waals surface area contributed by atoms with Gasteiger partial charge in [0.2, 0.25) is 21.7 Å². The van der Waals surface area contributed by atoms with Gasteiger partial charge in [-0.1, -0.05) is 42.9 Å². The SMILES string of the molecule is CCN(CC)S(=O)(=O)c1ccc(S[C@H](C)c2nc(-c3cccc(C(F)(F)F)c3)no2)nc1. The summed E-state index contributed by atoms with van der Waals surface area (Å²) in [5.74, 6) is 0.260. The van der Waals surface area contributed by atoms with Gasteiger partial charge in [-0.15, -0.1) is 0 Å². The van der Waals surface area contributed by atoms with Crippen molar-refractivity contribution in [1.29, 1.82) is 0 Å². The fourth-order valence-electron chi connectivity index (χ4n) is 2.89.